The van der Waals surface area contributed by atoms with Crippen LogP contribution in [0.4, 0.5) is 0 Å². The van der Waals surface area contributed by atoms with E-state index in [0.29, 0.717) is 0 Å². The first kappa shape index (κ1) is 41.6. The fraction of sp³-hybridized carbons (Fsp3) is 0.0833. The van der Waals surface area contributed by atoms with Crippen molar-refractivity contribution in [1.29, 1.82) is 0 Å². The lowest BCUT2D eigenvalue weighted by Crippen LogP contribution is -2.15. The summed E-state index contributed by atoms with van der Waals surface area (Å²) in [7, 11) is 0. The fourth-order valence-electron chi connectivity index (χ4n) is 13.9. The van der Waals surface area contributed by atoms with Gasteiger partial charge in [0.2, 0.25) is 0 Å². The Hall–Kier alpha value is -8.98. The van der Waals surface area contributed by atoms with Crippen LogP contribution in [0.2, 0.25) is 0 Å². The van der Waals surface area contributed by atoms with Gasteiger partial charge in [0, 0.05) is 43.7 Å². The molecule has 348 valence electrons. The van der Waals surface area contributed by atoms with Crippen LogP contribution in [0.3, 0.4) is 0 Å². The number of hydrogen-bond acceptors (Lipinski definition) is 0. The maximum Gasteiger partial charge on any atom is 0.0541 e. The van der Waals surface area contributed by atoms with Gasteiger partial charge < -0.3 is 9.13 Å². The summed E-state index contributed by atoms with van der Waals surface area (Å²) in [6.07, 6.45) is 0. The Morgan fingerprint density at radius 2 is 0.554 bits per heavy atom. The van der Waals surface area contributed by atoms with E-state index in [1.54, 1.807) is 0 Å². The Morgan fingerprint density at radius 3 is 0.919 bits per heavy atom. The quantitative estimate of drug-likeness (QED) is 0.156. The molecule has 2 heteroatoms. The second-order valence-corrected chi connectivity index (χ2v) is 22.0. The maximum atomic E-state index is 2.50. The van der Waals surface area contributed by atoms with Crippen molar-refractivity contribution in [2.24, 2.45) is 0 Å². The standard InChI is InChI=1S/C72H50N2/c1-71(2)62-39-43(29-33-50(62)52-35-31-46(41-64(52)71)73-66-25-13-9-19-54(66)55-20-10-14-26-67(55)73)60-37-45-38-61(49-18-6-8-24-59(49)70(45)58-23-7-5-17-48(58)60)44-30-34-51-53-36-32-47(42-65(53)72(3,4)63(51)40-44)74-68-27-15-11-21-56(68)57-22-12-16-28-69(57)74/h5-42H,1-4H3. The van der Waals surface area contributed by atoms with Crippen LogP contribution in [0.5, 0.6) is 0 Å². The van der Waals surface area contributed by atoms with E-state index >= 15 is 0 Å². The van der Waals surface area contributed by atoms with Gasteiger partial charge in [0.15, 0.2) is 0 Å². The minimum Gasteiger partial charge on any atom is -0.309 e. The van der Waals surface area contributed by atoms with Crippen LogP contribution in [0.25, 0.3) is 132 Å². The molecule has 0 atom stereocenters. The molecule has 0 aliphatic heterocycles. The highest BCUT2D eigenvalue weighted by Gasteiger charge is 2.38. The molecule has 0 N–H and O–H groups in total. The van der Waals surface area contributed by atoms with Gasteiger partial charge in [0.05, 0.1) is 22.1 Å². The van der Waals surface area contributed by atoms with E-state index in [9.17, 15) is 0 Å². The largest absolute Gasteiger partial charge is 0.309 e. The topological polar surface area (TPSA) is 9.86 Å². The van der Waals surface area contributed by atoms with Crippen LogP contribution < -0.4 is 0 Å². The summed E-state index contributed by atoms with van der Waals surface area (Å²) in [5, 5.41) is 12.8. The molecule has 0 amide bonds. The lowest BCUT2D eigenvalue weighted by molar-refractivity contribution is 0.660. The number of para-hydroxylation sites is 4. The lowest BCUT2D eigenvalue weighted by Gasteiger charge is -2.23. The van der Waals surface area contributed by atoms with Crippen LogP contribution in [0, 0.1) is 0 Å². The van der Waals surface area contributed by atoms with Gasteiger partial charge in [0.1, 0.15) is 0 Å². The fourth-order valence-corrected chi connectivity index (χ4v) is 13.9. The Balaban J connectivity index is 0.820. The number of fused-ring (bicyclic) bond motifs is 17. The predicted octanol–water partition coefficient (Wildman–Crippen LogP) is 19.3. The van der Waals surface area contributed by atoms with Crippen LogP contribution in [0.15, 0.2) is 231 Å². The molecule has 12 aromatic carbocycles. The molecule has 2 heterocycles. The first-order valence-corrected chi connectivity index (χ1v) is 26.2. The molecule has 14 aromatic rings. The first-order valence-electron chi connectivity index (χ1n) is 26.2. The van der Waals surface area contributed by atoms with Crippen LogP contribution in [0.1, 0.15) is 49.9 Å². The highest BCUT2D eigenvalue weighted by Crippen LogP contribution is 2.54. The molecular weight excluding hydrogens is 893 g/mol. The highest BCUT2D eigenvalue weighted by atomic mass is 15.0. The van der Waals surface area contributed by atoms with Crippen molar-refractivity contribution in [1.82, 2.24) is 9.13 Å². The summed E-state index contributed by atoms with van der Waals surface area (Å²) < 4.78 is 4.89. The summed E-state index contributed by atoms with van der Waals surface area (Å²) in [5.74, 6) is 0. The molecule has 0 unspecified atom stereocenters. The molecule has 2 nitrogen and oxygen atoms in total. The third-order valence-electron chi connectivity index (χ3n) is 17.5. The van der Waals surface area contributed by atoms with E-state index in [-0.39, 0.29) is 10.8 Å². The Kier molecular flexibility index (Phi) is 8.33. The van der Waals surface area contributed by atoms with E-state index in [2.05, 4.69) is 267 Å². The molecule has 0 bridgehead atoms. The molecule has 74 heavy (non-hydrogen) atoms. The summed E-state index contributed by atoms with van der Waals surface area (Å²) in [6.45, 7) is 9.65. The summed E-state index contributed by atoms with van der Waals surface area (Å²) >= 11 is 0. The number of hydrogen-bond donors (Lipinski definition) is 0. The zero-order chi connectivity index (χ0) is 49.2. The van der Waals surface area contributed by atoms with Crippen molar-refractivity contribution in [2.45, 2.75) is 38.5 Å². The van der Waals surface area contributed by atoms with Crippen molar-refractivity contribution < 1.29 is 0 Å². The normalized spacial score (nSPS) is 14.2. The van der Waals surface area contributed by atoms with Crippen molar-refractivity contribution in [3.8, 4) is 55.9 Å². The van der Waals surface area contributed by atoms with Gasteiger partial charge in [-0.3, -0.25) is 0 Å². The maximum absolute atomic E-state index is 2.50. The molecule has 0 spiro atoms. The molecule has 2 aromatic heterocycles. The van der Waals surface area contributed by atoms with Crippen molar-refractivity contribution >= 4 is 75.9 Å². The van der Waals surface area contributed by atoms with Gasteiger partial charge in [-0.05, 0) is 172 Å². The summed E-state index contributed by atoms with van der Waals surface area (Å²) in [5.41, 5.74) is 22.7. The minimum absolute atomic E-state index is 0.209. The number of benzene rings is 12. The molecule has 0 fully saturated rings. The van der Waals surface area contributed by atoms with Gasteiger partial charge in [-0.1, -0.05) is 185 Å². The van der Waals surface area contributed by atoms with Gasteiger partial charge in [-0.15, -0.1) is 0 Å². The number of nitrogens with zero attached hydrogens (tertiary/aromatic N) is 2. The van der Waals surface area contributed by atoms with E-state index in [0.717, 1.165) is 0 Å². The Labute approximate surface area is 430 Å². The molecule has 16 rings (SSSR count). The zero-order valence-electron chi connectivity index (χ0n) is 41.8. The molecule has 2 aliphatic rings. The van der Waals surface area contributed by atoms with E-state index in [1.807, 2.05) is 0 Å². The number of rotatable bonds is 4. The van der Waals surface area contributed by atoms with Gasteiger partial charge >= 0.3 is 0 Å². The predicted molar refractivity (Wildman–Crippen MR) is 314 cm³/mol. The van der Waals surface area contributed by atoms with Gasteiger partial charge in [-0.2, -0.15) is 0 Å². The molecular formula is C72H50N2. The smallest absolute Gasteiger partial charge is 0.0541 e. The number of aromatic nitrogens is 2. The average molecular weight is 943 g/mol. The molecule has 0 saturated carbocycles. The minimum atomic E-state index is -0.209. The van der Waals surface area contributed by atoms with E-state index in [1.165, 1.54) is 154 Å². The Morgan fingerprint density at radius 1 is 0.257 bits per heavy atom. The summed E-state index contributed by atoms with van der Waals surface area (Å²) in [6, 6.07) is 87.1. The third-order valence-corrected chi connectivity index (χ3v) is 17.5. The van der Waals surface area contributed by atoms with Crippen molar-refractivity contribution in [2.75, 3.05) is 0 Å². The second-order valence-electron chi connectivity index (χ2n) is 22.0. The second kappa shape index (κ2) is 14.8. The third kappa shape index (κ3) is 5.55. The van der Waals surface area contributed by atoms with Crippen LogP contribution >= 0.6 is 0 Å². The molecule has 0 saturated heterocycles. The van der Waals surface area contributed by atoms with Crippen LogP contribution in [-0.4, -0.2) is 9.13 Å². The van der Waals surface area contributed by atoms with Crippen molar-refractivity contribution in [3.05, 3.63) is 253 Å². The first-order chi connectivity index (χ1) is 36.2. The summed E-state index contributed by atoms with van der Waals surface area (Å²) in [4.78, 5) is 0. The zero-order valence-corrected chi connectivity index (χ0v) is 41.8. The Bertz CT molecular complexity index is 4380. The van der Waals surface area contributed by atoms with E-state index in [4.69, 9.17) is 0 Å². The lowest BCUT2D eigenvalue weighted by atomic mass is 9.80. The van der Waals surface area contributed by atoms with Gasteiger partial charge in [-0.25, -0.2) is 0 Å². The highest BCUT2D eigenvalue weighted by molar-refractivity contribution is 6.26. The average Bonchev–Trinajstić information content (AvgIpc) is 4.11. The monoisotopic (exact) mass is 942 g/mol. The van der Waals surface area contributed by atoms with Crippen LogP contribution in [-0.2, 0) is 10.8 Å². The molecule has 2 aliphatic carbocycles. The SMILES string of the molecule is CC1(C)c2cc(-c3cc4cc(-c5ccc6c(c5)C(C)(C)c5cc(-n7c8ccccc8c8ccccc87)ccc5-6)c5ccccc5c4c4ccccc34)ccc2-c2ccc(-n3c4ccccc4c4ccccc43)cc21. The van der Waals surface area contributed by atoms with Crippen molar-refractivity contribution in [3.63, 3.8) is 0 Å². The molecule has 0 radical (unpaired) electrons. The van der Waals surface area contributed by atoms with Gasteiger partial charge in [0.25, 0.3) is 0 Å². The van der Waals surface area contributed by atoms with E-state index < -0.39 is 0 Å².